The third-order valence-corrected chi connectivity index (χ3v) is 3.07. The average molecular weight is 264 g/mol. The van der Waals surface area contributed by atoms with Gasteiger partial charge in [-0.25, -0.2) is 0 Å². The zero-order valence-corrected chi connectivity index (χ0v) is 11.5. The number of primary amides is 1. The number of rotatable bonds is 6. The molecule has 5 nitrogen and oxygen atoms in total. The van der Waals surface area contributed by atoms with Crippen molar-refractivity contribution in [3.8, 4) is 0 Å². The van der Waals surface area contributed by atoms with Crippen molar-refractivity contribution in [3.05, 3.63) is 29.3 Å². The van der Waals surface area contributed by atoms with E-state index in [-0.39, 0.29) is 12.5 Å². The zero-order valence-electron chi connectivity index (χ0n) is 11.5. The maximum atomic E-state index is 11.5. The number of carbonyl (C=O) groups is 2. The van der Waals surface area contributed by atoms with E-state index in [2.05, 4.69) is 0 Å². The largest absolute Gasteiger partial charge is 0.481 e. The van der Waals surface area contributed by atoms with Gasteiger partial charge in [-0.3, -0.25) is 9.59 Å². The highest BCUT2D eigenvalue weighted by Gasteiger charge is 2.20. The molecule has 5 heteroatoms. The molecule has 0 saturated carbocycles. The smallest absolute Gasteiger partial charge is 0.305 e. The number of aliphatic carboxylic acids is 1. The predicted octanol–water partition coefficient (Wildman–Crippen LogP) is 1.78. The Kier molecular flexibility index (Phi) is 4.92. The molecule has 3 N–H and O–H groups in total. The van der Waals surface area contributed by atoms with Gasteiger partial charge in [-0.05, 0) is 38.5 Å². The molecule has 1 unspecified atom stereocenters. The van der Waals surface area contributed by atoms with Gasteiger partial charge in [0, 0.05) is 12.6 Å². The molecule has 1 rings (SSSR count). The first-order valence-electron chi connectivity index (χ1n) is 6.25. The molecule has 0 aliphatic heterocycles. The van der Waals surface area contributed by atoms with E-state index in [9.17, 15) is 9.59 Å². The number of hydrogen-bond donors (Lipinski definition) is 2. The van der Waals surface area contributed by atoms with Gasteiger partial charge in [0.25, 0.3) is 5.91 Å². The van der Waals surface area contributed by atoms with Crippen molar-refractivity contribution in [1.82, 2.24) is 0 Å². The van der Waals surface area contributed by atoms with E-state index in [1.807, 2.05) is 37.8 Å². The molecule has 1 aromatic rings. The van der Waals surface area contributed by atoms with Crippen LogP contribution in [0.5, 0.6) is 0 Å². The fourth-order valence-electron chi connectivity index (χ4n) is 2.17. The van der Waals surface area contributed by atoms with Crippen LogP contribution in [-0.2, 0) is 4.79 Å². The summed E-state index contributed by atoms with van der Waals surface area (Å²) < 4.78 is 0. The Balaban J connectivity index is 3.19. The summed E-state index contributed by atoms with van der Waals surface area (Å²) in [4.78, 5) is 24.2. The molecule has 104 valence electrons. The second-order valence-corrected chi connectivity index (χ2v) is 4.62. The van der Waals surface area contributed by atoms with Crippen LogP contribution in [0.25, 0.3) is 0 Å². The van der Waals surface area contributed by atoms with E-state index >= 15 is 0 Å². The van der Waals surface area contributed by atoms with Crippen LogP contribution in [0.2, 0.25) is 0 Å². The summed E-state index contributed by atoms with van der Waals surface area (Å²) in [7, 11) is 0. The van der Waals surface area contributed by atoms with Crippen LogP contribution >= 0.6 is 0 Å². The highest BCUT2D eigenvalue weighted by Crippen LogP contribution is 2.24. The average Bonchev–Trinajstić information content (AvgIpc) is 2.28. The molecule has 0 aliphatic rings. The van der Waals surface area contributed by atoms with Crippen LogP contribution in [-0.4, -0.2) is 29.6 Å². The molecule has 0 heterocycles. The first-order valence-corrected chi connectivity index (χ1v) is 6.25. The normalized spacial score (nSPS) is 11.9. The number of carbonyl (C=O) groups excluding carboxylic acids is 1. The van der Waals surface area contributed by atoms with Crippen molar-refractivity contribution in [3.63, 3.8) is 0 Å². The van der Waals surface area contributed by atoms with E-state index < -0.39 is 11.9 Å². The van der Waals surface area contributed by atoms with Crippen LogP contribution in [0.1, 0.15) is 36.2 Å². The van der Waals surface area contributed by atoms with E-state index in [0.29, 0.717) is 17.8 Å². The zero-order chi connectivity index (χ0) is 14.6. The van der Waals surface area contributed by atoms with E-state index in [1.54, 1.807) is 6.07 Å². The summed E-state index contributed by atoms with van der Waals surface area (Å²) in [6.45, 7) is 6.28. The lowest BCUT2D eigenvalue weighted by molar-refractivity contribution is -0.137. The van der Waals surface area contributed by atoms with E-state index in [0.717, 1.165) is 5.56 Å². The van der Waals surface area contributed by atoms with Crippen molar-refractivity contribution < 1.29 is 14.7 Å². The lowest BCUT2D eigenvalue weighted by Gasteiger charge is -2.31. The number of hydrogen-bond acceptors (Lipinski definition) is 3. The molecule has 0 spiro atoms. The van der Waals surface area contributed by atoms with Crippen molar-refractivity contribution in [2.24, 2.45) is 5.73 Å². The standard InChI is InChI=1S/C14H20N2O3/c1-4-16(10(3)8-13(17)18)12-7-9(2)5-6-11(12)14(15)19/h5-7,10H,4,8H2,1-3H3,(H2,15,19)(H,17,18). The Bertz CT molecular complexity index is 486. The van der Waals surface area contributed by atoms with Crippen molar-refractivity contribution in [2.45, 2.75) is 33.2 Å². The number of anilines is 1. The minimum atomic E-state index is -0.862. The maximum Gasteiger partial charge on any atom is 0.305 e. The molecule has 0 saturated heterocycles. The minimum Gasteiger partial charge on any atom is -0.481 e. The van der Waals surface area contributed by atoms with Gasteiger partial charge in [-0.2, -0.15) is 0 Å². The Morgan fingerprint density at radius 2 is 2.05 bits per heavy atom. The summed E-state index contributed by atoms with van der Waals surface area (Å²) in [6, 6.07) is 5.16. The van der Waals surface area contributed by atoms with Crippen LogP contribution in [0.3, 0.4) is 0 Å². The van der Waals surface area contributed by atoms with Crippen LogP contribution in [0.15, 0.2) is 18.2 Å². The molecule has 0 bridgehead atoms. The van der Waals surface area contributed by atoms with Crippen molar-refractivity contribution >= 4 is 17.6 Å². The molecule has 19 heavy (non-hydrogen) atoms. The number of aryl methyl sites for hydroxylation is 1. The first kappa shape index (κ1) is 15.0. The van der Waals surface area contributed by atoms with Gasteiger partial charge < -0.3 is 15.7 Å². The molecular formula is C14H20N2O3. The second kappa shape index (κ2) is 6.22. The van der Waals surface area contributed by atoms with Crippen LogP contribution in [0.4, 0.5) is 5.69 Å². The summed E-state index contributed by atoms with van der Waals surface area (Å²) in [6.07, 6.45) is 0.0139. The second-order valence-electron chi connectivity index (χ2n) is 4.62. The Morgan fingerprint density at radius 1 is 1.42 bits per heavy atom. The first-order chi connectivity index (χ1) is 8.86. The van der Waals surface area contributed by atoms with Gasteiger partial charge in [-0.15, -0.1) is 0 Å². The quantitative estimate of drug-likeness (QED) is 0.820. The monoisotopic (exact) mass is 264 g/mol. The lowest BCUT2D eigenvalue weighted by atomic mass is 10.1. The summed E-state index contributed by atoms with van der Waals surface area (Å²) in [5.41, 5.74) is 7.50. The van der Waals surface area contributed by atoms with E-state index in [1.165, 1.54) is 0 Å². The number of benzene rings is 1. The van der Waals surface area contributed by atoms with Gasteiger partial charge >= 0.3 is 5.97 Å². The minimum absolute atomic E-state index is 0.0139. The fraction of sp³-hybridized carbons (Fsp3) is 0.429. The Hall–Kier alpha value is -2.04. The Labute approximate surface area is 113 Å². The van der Waals surface area contributed by atoms with Gasteiger partial charge in [0.1, 0.15) is 0 Å². The lowest BCUT2D eigenvalue weighted by Crippen LogP contribution is -2.36. The number of nitrogens with two attached hydrogens (primary N) is 1. The molecule has 0 radical (unpaired) electrons. The number of carboxylic acid groups (broad SMARTS) is 1. The SMILES string of the molecule is CCN(c1cc(C)ccc1C(N)=O)C(C)CC(=O)O. The molecular weight excluding hydrogens is 244 g/mol. The Morgan fingerprint density at radius 3 is 2.53 bits per heavy atom. The summed E-state index contributed by atoms with van der Waals surface area (Å²) in [5, 5.41) is 8.89. The molecule has 1 atom stereocenters. The van der Waals surface area contributed by atoms with Crippen LogP contribution < -0.4 is 10.6 Å². The maximum absolute atomic E-state index is 11.5. The summed E-state index contributed by atoms with van der Waals surface area (Å²) >= 11 is 0. The molecule has 1 amide bonds. The van der Waals surface area contributed by atoms with Crippen molar-refractivity contribution in [1.29, 1.82) is 0 Å². The molecule has 0 fully saturated rings. The summed E-state index contributed by atoms with van der Waals surface area (Å²) in [5.74, 6) is -1.37. The number of nitrogens with zero attached hydrogens (tertiary/aromatic N) is 1. The van der Waals surface area contributed by atoms with Gasteiger partial charge in [0.2, 0.25) is 0 Å². The molecule has 0 aromatic heterocycles. The van der Waals surface area contributed by atoms with E-state index in [4.69, 9.17) is 10.8 Å². The van der Waals surface area contributed by atoms with Gasteiger partial charge in [0.15, 0.2) is 0 Å². The third-order valence-electron chi connectivity index (χ3n) is 3.07. The topological polar surface area (TPSA) is 83.6 Å². The highest BCUT2D eigenvalue weighted by atomic mass is 16.4. The molecule has 1 aromatic carbocycles. The van der Waals surface area contributed by atoms with Gasteiger partial charge in [-0.1, -0.05) is 6.07 Å². The van der Waals surface area contributed by atoms with Crippen LogP contribution in [0, 0.1) is 6.92 Å². The molecule has 0 aliphatic carbocycles. The fourth-order valence-corrected chi connectivity index (χ4v) is 2.17. The highest BCUT2D eigenvalue weighted by molar-refractivity contribution is 5.99. The number of carboxylic acids is 1. The van der Waals surface area contributed by atoms with Gasteiger partial charge in [0.05, 0.1) is 17.7 Å². The predicted molar refractivity (Wildman–Crippen MR) is 74.4 cm³/mol. The third kappa shape index (κ3) is 3.71. The van der Waals surface area contributed by atoms with Crippen molar-refractivity contribution in [2.75, 3.05) is 11.4 Å². The number of amides is 1.